The molecule has 3 aromatic rings. The highest BCUT2D eigenvalue weighted by atomic mass is 16.6. The van der Waals surface area contributed by atoms with Gasteiger partial charge in [0.05, 0.1) is 6.54 Å². The molecule has 2 aromatic carbocycles. The first kappa shape index (κ1) is 15.3. The molecule has 0 unspecified atom stereocenters. The van der Waals surface area contributed by atoms with Gasteiger partial charge in [0, 0.05) is 12.4 Å². The number of imidazole rings is 1. The van der Waals surface area contributed by atoms with Gasteiger partial charge in [-0.25, -0.2) is 4.98 Å². The van der Waals surface area contributed by atoms with Gasteiger partial charge in [-0.05, 0) is 17.7 Å². The molecule has 0 fully saturated rings. The minimum absolute atomic E-state index is 0.169. The number of rotatable bonds is 4. The van der Waals surface area contributed by atoms with Gasteiger partial charge in [-0.1, -0.05) is 42.5 Å². The van der Waals surface area contributed by atoms with Gasteiger partial charge < -0.3 is 14.0 Å². The average Bonchev–Trinajstić information content (AvgIpc) is 3.08. The first-order valence-electron chi connectivity index (χ1n) is 8.04. The Hall–Kier alpha value is -3.28. The Morgan fingerprint density at radius 2 is 1.88 bits per heavy atom. The lowest BCUT2D eigenvalue weighted by molar-refractivity contribution is -0.125. The Kier molecular flexibility index (Phi) is 4.08. The Labute approximate surface area is 145 Å². The third-order valence-corrected chi connectivity index (χ3v) is 3.95. The molecule has 1 amide bonds. The maximum absolute atomic E-state index is 12.5. The van der Waals surface area contributed by atoms with E-state index in [4.69, 9.17) is 9.47 Å². The standard InChI is InChI=1S/C19H17N3O3/c23-18(17-13-24-15-8-4-5-9-16(15)25-17)21-19-20-10-11-22(19)12-14-6-2-1-3-7-14/h1-11,17H,12-13H2,(H,20,21,23)/t17-/m1/s1. The van der Waals surface area contributed by atoms with Crippen molar-refractivity contribution in [3.63, 3.8) is 0 Å². The van der Waals surface area contributed by atoms with Crippen LogP contribution in [0, 0.1) is 0 Å². The molecule has 4 rings (SSSR count). The lowest BCUT2D eigenvalue weighted by Gasteiger charge is -2.25. The van der Waals surface area contributed by atoms with E-state index in [9.17, 15) is 4.79 Å². The van der Waals surface area contributed by atoms with Crippen molar-refractivity contribution in [1.29, 1.82) is 0 Å². The van der Waals surface area contributed by atoms with E-state index in [2.05, 4.69) is 10.3 Å². The molecule has 1 aromatic heterocycles. The van der Waals surface area contributed by atoms with E-state index in [0.29, 0.717) is 24.0 Å². The van der Waals surface area contributed by atoms with Crippen LogP contribution < -0.4 is 14.8 Å². The maximum Gasteiger partial charge on any atom is 0.271 e. The number of fused-ring (bicyclic) bond motifs is 1. The number of nitrogens with one attached hydrogen (secondary N) is 1. The number of amides is 1. The summed E-state index contributed by atoms with van der Waals surface area (Å²) in [5, 5.41) is 2.82. The van der Waals surface area contributed by atoms with E-state index in [-0.39, 0.29) is 12.5 Å². The van der Waals surface area contributed by atoms with Crippen LogP contribution in [0.5, 0.6) is 11.5 Å². The van der Waals surface area contributed by atoms with E-state index in [0.717, 1.165) is 5.56 Å². The highest BCUT2D eigenvalue weighted by Gasteiger charge is 2.28. The van der Waals surface area contributed by atoms with Gasteiger partial charge in [0.1, 0.15) is 6.61 Å². The number of aromatic nitrogens is 2. The summed E-state index contributed by atoms with van der Waals surface area (Å²) in [5.41, 5.74) is 1.13. The van der Waals surface area contributed by atoms with E-state index < -0.39 is 6.10 Å². The summed E-state index contributed by atoms with van der Waals surface area (Å²) >= 11 is 0. The molecule has 2 heterocycles. The summed E-state index contributed by atoms with van der Waals surface area (Å²) in [7, 11) is 0. The summed E-state index contributed by atoms with van der Waals surface area (Å²) in [5.74, 6) is 1.42. The van der Waals surface area contributed by atoms with Crippen molar-refractivity contribution in [2.45, 2.75) is 12.6 Å². The largest absolute Gasteiger partial charge is 0.485 e. The minimum atomic E-state index is -0.711. The highest BCUT2D eigenvalue weighted by molar-refractivity contribution is 5.93. The van der Waals surface area contributed by atoms with E-state index in [1.54, 1.807) is 12.3 Å². The molecule has 0 aliphatic carbocycles. The van der Waals surface area contributed by atoms with Gasteiger partial charge in [-0.3, -0.25) is 10.1 Å². The van der Waals surface area contributed by atoms with E-state index >= 15 is 0 Å². The molecule has 6 nitrogen and oxygen atoms in total. The van der Waals surface area contributed by atoms with Gasteiger partial charge in [0.15, 0.2) is 11.5 Å². The molecule has 1 aliphatic rings. The van der Waals surface area contributed by atoms with E-state index in [1.165, 1.54) is 0 Å². The zero-order valence-corrected chi connectivity index (χ0v) is 13.5. The van der Waals surface area contributed by atoms with Crippen LogP contribution in [0.15, 0.2) is 67.0 Å². The second kappa shape index (κ2) is 6.68. The van der Waals surface area contributed by atoms with Crippen LogP contribution in [0.2, 0.25) is 0 Å². The summed E-state index contributed by atoms with van der Waals surface area (Å²) in [6.45, 7) is 0.795. The van der Waals surface area contributed by atoms with Crippen molar-refractivity contribution in [1.82, 2.24) is 9.55 Å². The van der Waals surface area contributed by atoms with E-state index in [1.807, 2.05) is 59.3 Å². The quantitative estimate of drug-likeness (QED) is 0.796. The zero-order chi connectivity index (χ0) is 17.1. The lowest BCUT2D eigenvalue weighted by atomic mass is 10.2. The molecule has 0 saturated carbocycles. The SMILES string of the molecule is O=C(Nc1nccn1Cc1ccccc1)[C@H]1COc2ccccc2O1. The molecule has 1 N–H and O–H groups in total. The normalized spacial score (nSPS) is 15.6. The van der Waals surface area contributed by atoms with Crippen LogP contribution in [0.1, 0.15) is 5.56 Å². The van der Waals surface area contributed by atoms with Crippen molar-refractivity contribution in [3.05, 3.63) is 72.6 Å². The minimum Gasteiger partial charge on any atom is -0.485 e. The molecule has 0 radical (unpaired) electrons. The number of carbonyl (C=O) groups is 1. The number of carbonyl (C=O) groups excluding carboxylic acids is 1. The first-order valence-corrected chi connectivity index (χ1v) is 8.04. The third-order valence-electron chi connectivity index (χ3n) is 3.95. The average molecular weight is 335 g/mol. The van der Waals surface area contributed by atoms with Crippen LogP contribution >= 0.6 is 0 Å². The fourth-order valence-electron chi connectivity index (χ4n) is 2.68. The topological polar surface area (TPSA) is 65.4 Å². The fourth-order valence-corrected chi connectivity index (χ4v) is 2.68. The second-order valence-electron chi connectivity index (χ2n) is 5.72. The number of ether oxygens (including phenoxy) is 2. The molecule has 25 heavy (non-hydrogen) atoms. The summed E-state index contributed by atoms with van der Waals surface area (Å²) in [6, 6.07) is 17.3. The van der Waals surface area contributed by atoms with Crippen molar-refractivity contribution in [3.8, 4) is 11.5 Å². The van der Waals surface area contributed by atoms with Crippen molar-refractivity contribution in [2.24, 2.45) is 0 Å². The first-order chi connectivity index (χ1) is 12.3. The number of para-hydroxylation sites is 2. The number of nitrogens with zero attached hydrogens (tertiary/aromatic N) is 2. The van der Waals surface area contributed by atoms with Crippen LogP contribution in [-0.4, -0.2) is 28.2 Å². The Balaban J connectivity index is 1.45. The predicted octanol–water partition coefficient (Wildman–Crippen LogP) is 2.71. The smallest absolute Gasteiger partial charge is 0.271 e. The van der Waals surface area contributed by atoms with Gasteiger partial charge >= 0.3 is 0 Å². The van der Waals surface area contributed by atoms with Gasteiger partial charge in [0.2, 0.25) is 12.1 Å². The second-order valence-corrected chi connectivity index (χ2v) is 5.72. The molecule has 6 heteroatoms. The van der Waals surface area contributed by atoms with Crippen LogP contribution in [0.3, 0.4) is 0 Å². The third kappa shape index (κ3) is 3.33. The Morgan fingerprint density at radius 3 is 2.72 bits per heavy atom. The lowest BCUT2D eigenvalue weighted by Crippen LogP contribution is -2.40. The van der Waals surface area contributed by atoms with Crippen LogP contribution in [-0.2, 0) is 11.3 Å². The molecule has 1 atom stereocenters. The summed E-state index contributed by atoms with van der Waals surface area (Å²) in [6.07, 6.45) is 2.78. The zero-order valence-electron chi connectivity index (χ0n) is 13.5. The van der Waals surface area contributed by atoms with Crippen molar-refractivity contribution >= 4 is 11.9 Å². The molecule has 126 valence electrons. The van der Waals surface area contributed by atoms with Crippen LogP contribution in [0.4, 0.5) is 5.95 Å². The van der Waals surface area contributed by atoms with Gasteiger partial charge in [-0.2, -0.15) is 0 Å². The van der Waals surface area contributed by atoms with Crippen molar-refractivity contribution in [2.75, 3.05) is 11.9 Å². The Morgan fingerprint density at radius 1 is 1.12 bits per heavy atom. The number of anilines is 1. The fraction of sp³-hybridized carbons (Fsp3) is 0.158. The van der Waals surface area contributed by atoms with Gasteiger partial charge in [-0.15, -0.1) is 0 Å². The van der Waals surface area contributed by atoms with Gasteiger partial charge in [0.25, 0.3) is 5.91 Å². The summed E-state index contributed by atoms with van der Waals surface area (Å²) < 4.78 is 13.2. The van der Waals surface area contributed by atoms with Crippen LogP contribution in [0.25, 0.3) is 0 Å². The maximum atomic E-state index is 12.5. The number of hydrogen-bond donors (Lipinski definition) is 1. The number of hydrogen-bond acceptors (Lipinski definition) is 4. The molecular weight excluding hydrogens is 318 g/mol. The summed E-state index contributed by atoms with van der Waals surface area (Å²) in [4.78, 5) is 16.7. The molecule has 1 aliphatic heterocycles. The Bertz CT molecular complexity index is 876. The monoisotopic (exact) mass is 335 g/mol. The predicted molar refractivity (Wildman–Crippen MR) is 92.8 cm³/mol. The molecular formula is C19H17N3O3. The van der Waals surface area contributed by atoms with Crippen molar-refractivity contribution < 1.29 is 14.3 Å². The molecule has 0 saturated heterocycles. The highest BCUT2D eigenvalue weighted by Crippen LogP contribution is 2.31. The molecule has 0 bridgehead atoms. The number of benzene rings is 2. The molecule has 0 spiro atoms.